The molecule has 1 fully saturated rings. The molecule has 0 unspecified atom stereocenters. The van der Waals surface area contributed by atoms with E-state index >= 15 is 0 Å². The molecule has 0 aliphatic carbocycles. The maximum Gasteiger partial charge on any atom is 0.174 e. The highest BCUT2D eigenvalue weighted by atomic mass is 32.1. The van der Waals surface area contributed by atoms with Crippen molar-refractivity contribution in [3.05, 3.63) is 107 Å². The molecule has 0 bridgehead atoms. The van der Waals surface area contributed by atoms with Gasteiger partial charge >= 0.3 is 0 Å². The molecule has 3 heterocycles. The van der Waals surface area contributed by atoms with E-state index in [0.29, 0.717) is 5.11 Å². The standard InChI is InChI=1S/C27H25FN4OS/c1-17-16-23(18(2)31(17)20-11-13-22(33-3)14-12-20)26-25(24-6-4-5-15-29-24)30-27(34)32(26)21-9-7-19(28)8-10-21/h4-16,25-26H,1-3H3,(H,30,34)/t25-,26-/m0/s1. The van der Waals surface area contributed by atoms with Crippen molar-refractivity contribution in [2.45, 2.75) is 25.9 Å². The van der Waals surface area contributed by atoms with Crippen LogP contribution in [0.1, 0.15) is 34.7 Å². The van der Waals surface area contributed by atoms with Crippen LogP contribution in [-0.4, -0.2) is 21.8 Å². The van der Waals surface area contributed by atoms with Gasteiger partial charge in [-0.2, -0.15) is 0 Å². The van der Waals surface area contributed by atoms with Gasteiger partial charge < -0.3 is 19.5 Å². The zero-order chi connectivity index (χ0) is 23.8. The molecule has 1 N–H and O–H groups in total. The number of benzene rings is 2. The molecule has 7 heteroatoms. The van der Waals surface area contributed by atoms with Crippen LogP contribution in [0.5, 0.6) is 5.75 Å². The summed E-state index contributed by atoms with van der Waals surface area (Å²) < 4.78 is 21.3. The molecular weight excluding hydrogens is 447 g/mol. The molecule has 4 aromatic rings. The molecule has 2 atom stereocenters. The van der Waals surface area contributed by atoms with Crippen LogP contribution in [0, 0.1) is 19.7 Å². The quantitative estimate of drug-likeness (QED) is 0.371. The van der Waals surface area contributed by atoms with Gasteiger partial charge in [-0.1, -0.05) is 6.07 Å². The predicted octanol–water partition coefficient (Wildman–Crippen LogP) is 5.81. The normalized spacial score (nSPS) is 17.6. The third kappa shape index (κ3) is 3.82. The lowest BCUT2D eigenvalue weighted by molar-refractivity contribution is 0.414. The van der Waals surface area contributed by atoms with Gasteiger partial charge in [-0.15, -0.1) is 0 Å². The molecule has 0 amide bonds. The van der Waals surface area contributed by atoms with E-state index in [-0.39, 0.29) is 17.9 Å². The van der Waals surface area contributed by atoms with Gasteiger partial charge in [0, 0.05) is 29.0 Å². The Labute approximate surface area is 203 Å². The van der Waals surface area contributed by atoms with E-state index < -0.39 is 0 Å². The summed E-state index contributed by atoms with van der Waals surface area (Å²) >= 11 is 5.79. The van der Waals surface area contributed by atoms with Gasteiger partial charge in [-0.05, 0) is 98.4 Å². The smallest absolute Gasteiger partial charge is 0.174 e. The maximum absolute atomic E-state index is 13.7. The molecule has 1 saturated heterocycles. The van der Waals surface area contributed by atoms with E-state index in [9.17, 15) is 4.39 Å². The van der Waals surface area contributed by atoms with Crippen LogP contribution in [-0.2, 0) is 0 Å². The van der Waals surface area contributed by atoms with Crippen molar-refractivity contribution in [2.24, 2.45) is 0 Å². The molecule has 0 saturated carbocycles. The first-order valence-electron chi connectivity index (χ1n) is 11.1. The van der Waals surface area contributed by atoms with Gasteiger partial charge in [0.05, 0.1) is 24.9 Å². The first-order valence-corrected chi connectivity index (χ1v) is 11.5. The van der Waals surface area contributed by atoms with Crippen LogP contribution in [0.3, 0.4) is 0 Å². The molecule has 5 nitrogen and oxygen atoms in total. The molecule has 0 radical (unpaired) electrons. The lowest BCUT2D eigenvalue weighted by Crippen LogP contribution is -2.29. The fourth-order valence-corrected chi connectivity index (χ4v) is 5.11. The minimum absolute atomic E-state index is 0.161. The fourth-order valence-electron chi connectivity index (χ4n) is 4.77. The second-order valence-electron chi connectivity index (χ2n) is 8.33. The number of aryl methyl sites for hydroxylation is 1. The summed E-state index contributed by atoms with van der Waals surface area (Å²) in [5.41, 5.74) is 6.12. The van der Waals surface area contributed by atoms with E-state index in [1.807, 2.05) is 42.5 Å². The van der Waals surface area contributed by atoms with Crippen molar-refractivity contribution in [2.75, 3.05) is 12.0 Å². The molecule has 1 aliphatic heterocycles. The molecule has 172 valence electrons. The summed E-state index contributed by atoms with van der Waals surface area (Å²) in [6, 6.07) is 22.2. The number of pyridine rings is 1. The van der Waals surface area contributed by atoms with Gasteiger partial charge in [0.15, 0.2) is 5.11 Å². The minimum Gasteiger partial charge on any atom is -0.497 e. The lowest BCUT2D eigenvalue weighted by Gasteiger charge is -2.28. The van der Waals surface area contributed by atoms with Gasteiger partial charge in [0.25, 0.3) is 0 Å². The Morgan fingerprint density at radius 1 is 0.971 bits per heavy atom. The van der Waals surface area contributed by atoms with Crippen molar-refractivity contribution in [3.8, 4) is 11.4 Å². The Kier molecular flexibility index (Phi) is 5.79. The van der Waals surface area contributed by atoms with E-state index in [1.54, 1.807) is 25.4 Å². The number of aromatic nitrogens is 2. The number of halogens is 1. The summed E-state index contributed by atoms with van der Waals surface area (Å²) in [4.78, 5) is 6.68. The fraction of sp³-hybridized carbons (Fsp3) is 0.185. The Morgan fingerprint density at radius 2 is 1.68 bits per heavy atom. The molecule has 2 aromatic heterocycles. The van der Waals surface area contributed by atoms with E-state index in [0.717, 1.165) is 39.8 Å². The Morgan fingerprint density at radius 3 is 2.32 bits per heavy atom. The second-order valence-corrected chi connectivity index (χ2v) is 8.72. The maximum atomic E-state index is 13.7. The number of methoxy groups -OCH3 is 1. The van der Waals surface area contributed by atoms with E-state index in [1.165, 1.54) is 12.1 Å². The summed E-state index contributed by atoms with van der Waals surface area (Å²) in [6.07, 6.45) is 1.79. The molecule has 2 aromatic carbocycles. The number of anilines is 1. The highest BCUT2D eigenvalue weighted by molar-refractivity contribution is 7.80. The van der Waals surface area contributed by atoms with Gasteiger partial charge in [-0.3, -0.25) is 4.98 Å². The SMILES string of the molecule is COc1ccc(-n2c(C)cc([C@H]3[C@H](c4ccccn4)NC(=S)N3c3ccc(F)cc3)c2C)cc1. The van der Waals surface area contributed by atoms with Crippen molar-refractivity contribution < 1.29 is 9.13 Å². The summed E-state index contributed by atoms with van der Waals surface area (Å²) in [5.74, 6) is 0.534. The number of hydrogen-bond acceptors (Lipinski definition) is 3. The van der Waals surface area contributed by atoms with Crippen molar-refractivity contribution in [1.82, 2.24) is 14.9 Å². The third-order valence-corrected chi connectivity index (χ3v) is 6.64. The Balaban J connectivity index is 1.65. The molecular formula is C27H25FN4OS. The van der Waals surface area contributed by atoms with E-state index in [4.69, 9.17) is 17.0 Å². The van der Waals surface area contributed by atoms with Crippen LogP contribution in [0.25, 0.3) is 5.69 Å². The Bertz CT molecular complexity index is 1320. The number of thiocarbonyl (C=S) groups is 1. The number of nitrogens with zero attached hydrogens (tertiary/aromatic N) is 3. The summed E-state index contributed by atoms with van der Waals surface area (Å²) in [5, 5.41) is 4.05. The number of nitrogens with one attached hydrogen (secondary N) is 1. The average Bonchev–Trinajstić information content (AvgIpc) is 3.35. The Hall–Kier alpha value is -3.71. The molecule has 34 heavy (non-hydrogen) atoms. The topological polar surface area (TPSA) is 42.3 Å². The van der Waals surface area contributed by atoms with E-state index in [2.05, 4.69) is 39.7 Å². The highest BCUT2D eigenvalue weighted by Gasteiger charge is 2.42. The molecule has 5 rings (SSSR count). The number of hydrogen-bond donors (Lipinski definition) is 1. The van der Waals surface area contributed by atoms with Crippen molar-refractivity contribution in [3.63, 3.8) is 0 Å². The number of ether oxygens (including phenoxy) is 1. The first-order chi connectivity index (χ1) is 16.5. The van der Waals surface area contributed by atoms with Gasteiger partial charge in [0.2, 0.25) is 0 Å². The van der Waals surface area contributed by atoms with Crippen LogP contribution in [0.4, 0.5) is 10.1 Å². The predicted molar refractivity (Wildman–Crippen MR) is 136 cm³/mol. The van der Waals surface area contributed by atoms with Gasteiger partial charge in [0.1, 0.15) is 11.6 Å². The summed E-state index contributed by atoms with van der Waals surface area (Å²) in [7, 11) is 1.66. The third-order valence-electron chi connectivity index (χ3n) is 6.32. The van der Waals surface area contributed by atoms with Crippen LogP contribution >= 0.6 is 12.2 Å². The highest BCUT2D eigenvalue weighted by Crippen LogP contribution is 2.43. The lowest BCUT2D eigenvalue weighted by atomic mass is 9.96. The zero-order valence-electron chi connectivity index (χ0n) is 19.2. The summed E-state index contributed by atoms with van der Waals surface area (Å²) in [6.45, 7) is 4.21. The minimum atomic E-state index is -0.280. The average molecular weight is 473 g/mol. The van der Waals surface area contributed by atoms with Crippen molar-refractivity contribution >= 4 is 23.0 Å². The molecule has 1 aliphatic rings. The van der Waals surface area contributed by atoms with Crippen LogP contribution < -0.4 is 15.0 Å². The van der Waals surface area contributed by atoms with Crippen molar-refractivity contribution in [1.29, 1.82) is 0 Å². The zero-order valence-corrected chi connectivity index (χ0v) is 20.0. The second kappa shape index (κ2) is 8.91. The van der Waals surface area contributed by atoms with Crippen LogP contribution in [0.15, 0.2) is 79.0 Å². The van der Waals surface area contributed by atoms with Crippen LogP contribution in [0.2, 0.25) is 0 Å². The first kappa shape index (κ1) is 22.1. The number of rotatable bonds is 5. The molecule has 0 spiro atoms. The monoisotopic (exact) mass is 472 g/mol. The largest absolute Gasteiger partial charge is 0.497 e. The van der Waals surface area contributed by atoms with Gasteiger partial charge in [-0.25, -0.2) is 4.39 Å².